The van der Waals surface area contributed by atoms with Crippen molar-refractivity contribution < 1.29 is 9.18 Å². The Morgan fingerprint density at radius 3 is 2.81 bits per heavy atom. The van der Waals surface area contributed by atoms with Crippen molar-refractivity contribution in [3.05, 3.63) is 64.9 Å². The van der Waals surface area contributed by atoms with Crippen LogP contribution in [0.5, 0.6) is 0 Å². The summed E-state index contributed by atoms with van der Waals surface area (Å²) < 4.78 is 15.5. The Labute approximate surface area is 158 Å². The first-order valence-corrected chi connectivity index (χ1v) is 9.19. The van der Waals surface area contributed by atoms with Crippen molar-refractivity contribution >= 4 is 28.3 Å². The third kappa shape index (κ3) is 3.56. The van der Waals surface area contributed by atoms with Crippen LogP contribution in [0.2, 0.25) is 0 Å². The van der Waals surface area contributed by atoms with E-state index in [1.165, 1.54) is 17.4 Å². The van der Waals surface area contributed by atoms with Crippen molar-refractivity contribution in [1.29, 1.82) is 0 Å². The Bertz CT molecular complexity index is 1120. The maximum absolute atomic E-state index is 14.0. The monoisotopic (exact) mass is 381 g/mol. The molecular weight excluding hydrogens is 365 g/mol. The highest BCUT2D eigenvalue weighted by molar-refractivity contribution is 7.15. The number of para-hydroxylation sites is 1. The molecule has 0 spiro atoms. The van der Waals surface area contributed by atoms with E-state index in [2.05, 4.69) is 20.6 Å². The quantitative estimate of drug-likeness (QED) is 0.576. The van der Waals surface area contributed by atoms with Crippen LogP contribution in [-0.2, 0) is 17.9 Å². The van der Waals surface area contributed by atoms with Gasteiger partial charge in [-0.2, -0.15) is 0 Å². The minimum absolute atomic E-state index is 0.0819. The predicted octanol–water partition coefficient (Wildman–Crippen LogP) is 3.32. The van der Waals surface area contributed by atoms with E-state index in [1.807, 2.05) is 31.2 Å². The molecule has 0 fully saturated rings. The van der Waals surface area contributed by atoms with Crippen LogP contribution < -0.4 is 5.32 Å². The first-order chi connectivity index (χ1) is 13.1. The summed E-state index contributed by atoms with van der Waals surface area (Å²) in [5.74, 6) is -0.481. The lowest BCUT2D eigenvalue weighted by molar-refractivity contribution is -0.121. The SMILES string of the molecule is Cc1nc(-c2ccccc2F)sc1CNC(=O)Cn1nnc2ccccc21. The van der Waals surface area contributed by atoms with Crippen LogP contribution in [0.3, 0.4) is 0 Å². The fraction of sp³-hybridized carbons (Fsp3) is 0.158. The summed E-state index contributed by atoms with van der Waals surface area (Å²) in [7, 11) is 0. The largest absolute Gasteiger partial charge is 0.350 e. The summed E-state index contributed by atoms with van der Waals surface area (Å²) in [6.45, 7) is 2.27. The van der Waals surface area contributed by atoms with E-state index in [4.69, 9.17) is 0 Å². The summed E-state index contributed by atoms with van der Waals surface area (Å²) in [5.41, 5.74) is 2.81. The summed E-state index contributed by atoms with van der Waals surface area (Å²) in [5, 5.41) is 11.5. The number of benzene rings is 2. The predicted molar refractivity (Wildman–Crippen MR) is 102 cm³/mol. The fourth-order valence-electron chi connectivity index (χ4n) is 2.75. The highest BCUT2D eigenvalue weighted by atomic mass is 32.1. The van der Waals surface area contributed by atoms with Gasteiger partial charge in [0.1, 0.15) is 22.9 Å². The lowest BCUT2D eigenvalue weighted by Crippen LogP contribution is -2.27. The van der Waals surface area contributed by atoms with Crippen LogP contribution in [0, 0.1) is 12.7 Å². The van der Waals surface area contributed by atoms with Crippen LogP contribution in [-0.4, -0.2) is 25.9 Å². The van der Waals surface area contributed by atoms with Gasteiger partial charge in [0, 0.05) is 10.4 Å². The molecular formula is C19H16FN5OS. The second-order valence-electron chi connectivity index (χ2n) is 6.02. The third-order valence-corrected chi connectivity index (χ3v) is 5.35. The molecule has 0 radical (unpaired) electrons. The molecule has 0 unspecified atom stereocenters. The van der Waals surface area contributed by atoms with Crippen molar-refractivity contribution in [1.82, 2.24) is 25.3 Å². The number of nitrogens with one attached hydrogen (secondary N) is 1. The number of carbonyl (C=O) groups is 1. The van der Waals surface area contributed by atoms with Crippen molar-refractivity contribution in [2.45, 2.75) is 20.0 Å². The number of amides is 1. The number of nitrogens with zero attached hydrogens (tertiary/aromatic N) is 4. The van der Waals surface area contributed by atoms with Gasteiger partial charge in [-0.05, 0) is 31.2 Å². The zero-order chi connectivity index (χ0) is 18.8. The molecule has 0 aliphatic rings. The van der Waals surface area contributed by atoms with Gasteiger partial charge < -0.3 is 5.32 Å². The Morgan fingerprint density at radius 2 is 1.96 bits per heavy atom. The van der Waals surface area contributed by atoms with Crippen LogP contribution in [0.25, 0.3) is 21.6 Å². The Morgan fingerprint density at radius 1 is 1.19 bits per heavy atom. The number of thiazole rings is 1. The van der Waals surface area contributed by atoms with Crippen molar-refractivity contribution in [3.8, 4) is 10.6 Å². The second kappa shape index (κ2) is 7.24. The smallest absolute Gasteiger partial charge is 0.242 e. The van der Waals surface area contributed by atoms with Crippen LogP contribution in [0.4, 0.5) is 4.39 Å². The fourth-order valence-corrected chi connectivity index (χ4v) is 3.78. The molecule has 0 aliphatic heterocycles. The van der Waals surface area contributed by atoms with E-state index in [1.54, 1.807) is 22.9 Å². The van der Waals surface area contributed by atoms with Crippen LogP contribution in [0.1, 0.15) is 10.6 Å². The maximum Gasteiger partial charge on any atom is 0.242 e. The molecule has 2 heterocycles. The molecule has 4 rings (SSSR count). The highest BCUT2D eigenvalue weighted by Crippen LogP contribution is 2.29. The Balaban J connectivity index is 1.44. The lowest BCUT2D eigenvalue weighted by atomic mass is 10.2. The zero-order valence-corrected chi connectivity index (χ0v) is 15.3. The first kappa shape index (κ1) is 17.3. The standard InChI is InChI=1S/C19H16FN5OS/c1-12-17(27-19(22-12)13-6-2-3-7-14(13)20)10-21-18(26)11-25-16-9-5-4-8-15(16)23-24-25/h2-9H,10-11H2,1H3,(H,21,26). The van der Waals surface area contributed by atoms with Crippen LogP contribution >= 0.6 is 11.3 Å². The van der Waals surface area contributed by atoms with Crippen molar-refractivity contribution in [2.75, 3.05) is 0 Å². The second-order valence-corrected chi connectivity index (χ2v) is 7.10. The average Bonchev–Trinajstić information content (AvgIpc) is 3.24. The van der Waals surface area contributed by atoms with Gasteiger partial charge in [0.25, 0.3) is 0 Å². The first-order valence-electron chi connectivity index (χ1n) is 8.38. The molecule has 0 atom stereocenters. The van der Waals surface area contributed by atoms with Gasteiger partial charge in [0.15, 0.2) is 0 Å². The number of fused-ring (bicyclic) bond motifs is 1. The van der Waals surface area contributed by atoms with Gasteiger partial charge in [-0.1, -0.05) is 29.5 Å². The molecule has 1 amide bonds. The Kier molecular flexibility index (Phi) is 4.64. The van der Waals surface area contributed by atoms with E-state index in [9.17, 15) is 9.18 Å². The molecule has 2 aromatic carbocycles. The molecule has 136 valence electrons. The number of rotatable bonds is 5. The van der Waals surface area contributed by atoms with Gasteiger partial charge in [-0.15, -0.1) is 16.4 Å². The van der Waals surface area contributed by atoms with Gasteiger partial charge in [-0.3, -0.25) is 4.79 Å². The van der Waals surface area contributed by atoms with E-state index in [-0.39, 0.29) is 18.3 Å². The Hall–Kier alpha value is -3.13. The summed E-state index contributed by atoms with van der Waals surface area (Å²) in [6, 6.07) is 14.0. The molecule has 0 saturated carbocycles. The third-order valence-electron chi connectivity index (χ3n) is 4.16. The zero-order valence-electron chi connectivity index (χ0n) is 14.5. The molecule has 1 N–H and O–H groups in total. The minimum atomic E-state index is -0.306. The lowest BCUT2D eigenvalue weighted by Gasteiger charge is -2.04. The van der Waals surface area contributed by atoms with Gasteiger partial charge in [0.05, 0.1) is 17.8 Å². The van der Waals surface area contributed by atoms with Crippen molar-refractivity contribution in [3.63, 3.8) is 0 Å². The topological polar surface area (TPSA) is 72.7 Å². The average molecular weight is 381 g/mol. The molecule has 4 aromatic rings. The highest BCUT2D eigenvalue weighted by Gasteiger charge is 2.14. The maximum atomic E-state index is 14.0. The molecule has 8 heteroatoms. The number of halogens is 1. The van der Waals surface area contributed by atoms with E-state index in [0.29, 0.717) is 17.1 Å². The van der Waals surface area contributed by atoms with Gasteiger partial charge in [0.2, 0.25) is 5.91 Å². The number of hydrogen-bond acceptors (Lipinski definition) is 5. The van der Waals surface area contributed by atoms with Crippen molar-refractivity contribution in [2.24, 2.45) is 0 Å². The van der Waals surface area contributed by atoms with E-state index >= 15 is 0 Å². The van der Waals surface area contributed by atoms with E-state index < -0.39 is 0 Å². The molecule has 27 heavy (non-hydrogen) atoms. The molecule has 0 bridgehead atoms. The minimum Gasteiger partial charge on any atom is -0.350 e. The number of aromatic nitrogens is 4. The molecule has 6 nitrogen and oxygen atoms in total. The number of hydrogen-bond donors (Lipinski definition) is 1. The molecule has 0 aliphatic carbocycles. The van der Waals surface area contributed by atoms with Gasteiger partial charge in [-0.25, -0.2) is 14.1 Å². The summed E-state index contributed by atoms with van der Waals surface area (Å²) in [6.07, 6.45) is 0. The molecule has 2 aromatic heterocycles. The molecule has 0 saturated heterocycles. The van der Waals surface area contributed by atoms with Crippen LogP contribution in [0.15, 0.2) is 48.5 Å². The summed E-state index contributed by atoms with van der Waals surface area (Å²) >= 11 is 1.38. The van der Waals surface area contributed by atoms with Gasteiger partial charge >= 0.3 is 0 Å². The summed E-state index contributed by atoms with van der Waals surface area (Å²) in [4.78, 5) is 17.6. The number of aryl methyl sites for hydroxylation is 1. The number of carbonyl (C=O) groups excluding carboxylic acids is 1. The van der Waals surface area contributed by atoms with E-state index in [0.717, 1.165) is 21.6 Å². The normalized spacial score (nSPS) is 11.0.